The summed E-state index contributed by atoms with van der Waals surface area (Å²) in [7, 11) is 1.63. The number of hydrogen-bond acceptors (Lipinski definition) is 6. The molecule has 2 aliphatic heterocycles. The zero-order chi connectivity index (χ0) is 29.9. The Hall–Kier alpha value is -4.09. The van der Waals surface area contributed by atoms with Crippen LogP contribution < -0.4 is 4.74 Å². The second-order valence-electron chi connectivity index (χ2n) is 9.96. The highest BCUT2D eigenvalue weighted by Crippen LogP contribution is 2.36. The summed E-state index contributed by atoms with van der Waals surface area (Å²) in [4.78, 5) is 43.5. The number of alkyl halides is 3. The van der Waals surface area contributed by atoms with Gasteiger partial charge in [0, 0.05) is 38.3 Å². The highest BCUT2D eigenvalue weighted by molar-refractivity contribution is 8.18. The van der Waals surface area contributed by atoms with Gasteiger partial charge < -0.3 is 9.64 Å². The number of carbonyl (C=O) groups excluding carboxylic acids is 3. The third kappa shape index (κ3) is 6.69. The van der Waals surface area contributed by atoms with E-state index in [1.54, 1.807) is 31.4 Å². The molecule has 3 aromatic carbocycles. The van der Waals surface area contributed by atoms with Crippen molar-refractivity contribution in [1.82, 2.24) is 14.7 Å². The summed E-state index contributed by atoms with van der Waals surface area (Å²) >= 11 is 0.676. The lowest BCUT2D eigenvalue weighted by atomic mass is 10.1. The fraction of sp³-hybridized carbons (Fsp3) is 0.258. The molecular formula is C31H28F3N3O4S. The molecule has 0 unspecified atom stereocenters. The lowest BCUT2D eigenvalue weighted by Crippen LogP contribution is -2.48. The molecule has 2 heterocycles. The maximum absolute atomic E-state index is 13.4. The van der Waals surface area contributed by atoms with Gasteiger partial charge in [-0.1, -0.05) is 42.5 Å². The zero-order valence-electron chi connectivity index (χ0n) is 22.8. The molecule has 0 bridgehead atoms. The molecule has 11 heteroatoms. The van der Waals surface area contributed by atoms with Gasteiger partial charge in [0.1, 0.15) is 5.75 Å². The highest BCUT2D eigenvalue weighted by Gasteiger charge is 2.38. The molecule has 5 rings (SSSR count). The van der Waals surface area contributed by atoms with Gasteiger partial charge in [0.05, 0.1) is 24.1 Å². The van der Waals surface area contributed by atoms with Gasteiger partial charge in [0.2, 0.25) is 0 Å². The molecule has 7 nitrogen and oxygen atoms in total. The summed E-state index contributed by atoms with van der Waals surface area (Å²) in [6.45, 7) is 3.01. The van der Waals surface area contributed by atoms with E-state index < -0.39 is 29.4 Å². The maximum atomic E-state index is 13.4. The molecule has 218 valence electrons. The summed E-state index contributed by atoms with van der Waals surface area (Å²) in [6, 6.07) is 19.5. The molecule has 3 aromatic rings. The minimum absolute atomic E-state index is 0.0886. The topological polar surface area (TPSA) is 70.2 Å². The fourth-order valence-corrected chi connectivity index (χ4v) is 5.73. The van der Waals surface area contributed by atoms with Crippen LogP contribution in [0.2, 0.25) is 0 Å². The molecule has 0 N–H and O–H groups in total. The van der Waals surface area contributed by atoms with Crippen LogP contribution in [-0.4, -0.2) is 65.0 Å². The molecule has 3 amide bonds. The van der Waals surface area contributed by atoms with E-state index >= 15 is 0 Å². The smallest absolute Gasteiger partial charge is 0.416 e. The van der Waals surface area contributed by atoms with E-state index in [9.17, 15) is 27.6 Å². The second kappa shape index (κ2) is 12.4. The zero-order valence-corrected chi connectivity index (χ0v) is 23.6. The second-order valence-corrected chi connectivity index (χ2v) is 11.0. The maximum Gasteiger partial charge on any atom is 0.416 e. The molecule has 0 radical (unpaired) electrons. The van der Waals surface area contributed by atoms with Gasteiger partial charge in [-0.05, 0) is 64.9 Å². The predicted molar refractivity (Wildman–Crippen MR) is 154 cm³/mol. The molecule has 0 atom stereocenters. The molecule has 0 saturated carbocycles. The summed E-state index contributed by atoms with van der Waals surface area (Å²) in [5.74, 6) is 0.0652. The van der Waals surface area contributed by atoms with E-state index in [1.165, 1.54) is 29.8 Å². The molecule has 42 heavy (non-hydrogen) atoms. The predicted octanol–water partition coefficient (Wildman–Crippen LogP) is 5.91. The molecule has 2 aliphatic rings. The number of halogens is 3. The number of benzene rings is 3. The number of piperazine rings is 1. The van der Waals surface area contributed by atoms with Crippen LogP contribution in [0.5, 0.6) is 5.75 Å². The van der Waals surface area contributed by atoms with E-state index in [2.05, 4.69) is 4.90 Å². The van der Waals surface area contributed by atoms with Crippen molar-refractivity contribution in [2.45, 2.75) is 19.3 Å². The summed E-state index contributed by atoms with van der Waals surface area (Å²) in [5, 5.41) is -0.638. The van der Waals surface area contributed by atoms with Gasteiger partial charge in [0.25, 0.3) is 17.1 Å². The third-order valence-corrected chi connectivity index (χ3v) is 8.11. The van der Waals surface area contributed by atoms with Gasteiger partial charge >= 0.3 is 6.18 Å². The van der Waals surface area contributed by atoms with Crippen LogP contribution >= 0.6 is 11.8 Å². The van der Waals surface area contributed by atoms with Crippen LogP contribution in [0.15, 0.2) is 77.7 Å². The van der Waals surface area contributed by atoms with Crippen molar-refractivity contribution < 1.29 is 32.3 Å². The van der Waals surface area contributed by atoms with Crippen LogP contribution in [0.3, 0.4) is 0 Å². The van der Waals surface area contributed by atoms with Gasteiger partial charge in [0.15, 0.2) is 0 Å². The Bertz CT molecular complexity index is 1500. The van der Waals surface area contributed by atoms with E-state index in [-0.39, 0.29) is 16.4 Å². The largest absolute Gasteiger partial charge is 0.497 e. The molecule has 2 saturated heterocycles. The van der Waals surface area contributed by atoms with Crippen molar-refractivity contribution in [1.29, 1.82) is 0 Å². The summed E-state index contributed by atoms with van der Waals surface area (Å²) in [6.07, 6.45) is -3.09. The Morgan fingerprint density at radius 3 is 2.21 bits per heavy atom. The monoisotopic (exact) mass is 595 g/mol. The quantitative estimate of drug-likeness (QED) is 0.317. The van der Waals surface area contributed by atoms with Crippen LogP contribution in [0.1, 0.15) is 32.6 Å². The van der Waals surface area contributed by atoms with Crippen LogP contribution in [0.4, 0.5) is 18.0 Å². The lowest BCUT2D eigenvalue weighted by molar-refractivity contribution is -0.139. The number of rotatable bonds is 7. The lowest BCUT2D eigenvalue weighted by Gasteiger charge is -2.34. The minimum atomic E-state index is -4.60. The number of imide groups is 1. The molecular weight excluding hydrogens is 567 g/mol. The SMILES string of the molecule is COc1ccc(CN2CCN(C(=O)c3ccc(/C=C4\SC(=O)N(Cc5ccccc5C(F)(F)F)C4=O)cc3)CC2)cc1. The van der Waals surface area contributed by atoms with Gasteiger partial charge in [-0.2, -0.15) is 13.2 Å². The van der Waals surface area contributed by atoms with Crippen molar-refractivity contribution in [2.24, 2.45) is 0 Å². The van der Waals surface area contributed by atoms with Gasteiger partial charge in [-0.25, -0.2) is 0 Å². The number of hydrogen-bond donors (Lipinski definition) is 0. The first-order chi connectivity index (χ1) is 20.1. The van der Waals surface area contributed by atoms with Crippen molar-refractivity contribution in [3.8, 4) is 5.75 Å². The Morgan fingerprint density at radius 2 is 1.57 bits per heavy atom. The highest BCUT2D eigenvalue weighted by atomic mass is 32.2. The number of nitrogens with zero attached hydrogens (tertiary/aromatic N) is 3. The Kier molecular flexibility index (Phi) is 8.69. The first kappa shape index (κ1) is 29.4. The average Bonchev–Trinajstić information content (AvgIpc) is 3.25. The number of amides is 3. The van der Waals surface area contributed by atoms with Crippen LogP contribution in [-0.2, 0) is 24.1 Å². The molecule has 0 aromatic heterocycles. The average molecular weight is 596 g/mol. The van der Waals surface area contributed by atoms with E-state index in [0.29, 0.717) is 36.0 Å². The first-order valence-corrected chi connectivity index (χ1v) is 14.1. The molecule has 0 spiro atoms. The summed E-state index contributed by atoms with van der Waals surface area (Å²) in [5.41, 5.74) is 1.24. The Balaban J connectivity index is 1.18. The van der Waals surface area contributed by atoms with Gasteiger partial charge in [-0.3, -0.25) is 24.2 Å². The van der Waals surface area contributed by atoms with E-state index in [4.69, 9.17) is 4.74 Å². The number of carbonyl (C=O) groups is 3. The normalized spacial score (nSPS) is 17.3. The van der Waals surface area contributed by atoms with E-state index in [0.717, 1.165) is 36.4 Å². The van der Waals surface area contributed by atoms with Crippen molar-refractivity contribution >= 4 is 34.9 Å². The van der Waals surface area contributed by atoms with Gasteiger partial charge in [-0.15, -0.1) is 0 Å². The fourth-order valence-electron chi connectivity index (χ4n) is 4.90. The van der Waals surface area contributed by atoms with Crippen molar-refractivity contribution in [3.63, 3.8) is 0 Å². The standard InChI is InChI=1S/C31H28F3N3O4S/c1-41-25-12-8-22(9-13-25)19-35-14-16-36(17-15-35)28(38)23-10-6-21(7-11-23)18-27-29(39)37(30(40)42-27)20-24-4-2-3-5-26(24)31(32,33)34/h2-13,18H,14-17,19-20H2,1H3/b27-18-. The first-order valence-electron chi connectivity index (χ1n) is 13.3. The van der Waals surface area contributed by atoms with Crippen LogP contribution in [0.25, 0.3) is 6.08 Å². The Morgan fingerprint density at radius 1 is 0.905 bits per heavy atom. The van der Waals surface area contributed by atoms with Crippen LogP contribution in [0, 0.1) is 0 Å². The summed E-state index contributed by atoms with van der Waals surface area (Å²) < 4.78 is 45.3. The van der Waals surface area contributed by atoms with Crippen molar-refractivity contribution in [3.05, 3.63) is 106 Å². The number of ether oxygens (including phenoxy) is 1. The number of thioether (sulfide) groups is 1. The minimum Gasteiger partial charge on any atom is -0.497 e. The molecule has 2 fully saturated rings. The van der Waals surface area contributed by atoms with Crippen molar-refractivity contribution in [2.75, 3.05) is 33.3 Å². The van der Waals surface area contributed by atoms with E-state index in [1.807, 2.05) is 29.2 Å². The Labute approximate surface area is 245 Å². The molecule has 0 aliphatic carbocycles. The third-order valence-electron chi connectivity index (χ3n) is 7.20. The number of methoxy groups -OCH3 is 1.